The van der Waals surface area contributed by atoms with Crippen LogP contribution in [-0.2, 0) is 30.3 Å². The van der Waals surface area contributed by atoms with Gasteiger partial charge in [-0.1, -0.05) is 44.2 Å². The second kappa shape index (κ2) is 11.8. The van der Waals surface area contributed by atoms with Crippen molar-refractivity contribution in [3.8, 4) is 0 Å². The van der Waals surface area contributed by atoms with E-state index in [-0.39, 0.29) is 11.8 Å². The summed E-state index contributed by atoms with van der Waals surface area (Å²) in [5.74, 6) is -1.43. The minimum Gasteiger partial charge on any atom is -0.467 e. The molecule has 0 aliphatic carbocycles. The van der Waals surface area contributed by atoms with E-state index in [0.717, 1.165) is 5.56 Å². The molecule has 8 nitrogen and oxygen atoms in total. The number of nitrogens with one attached hydrogen (secondary N) is 1. The van der Waals surface area contributed by atoms with Crippen LogP contribution in [-0.4, -0.2) is 49.0 Å². The van der Waals surface area contributed by atoms with Gasteiger partial charge in [-0.3, -0.25) is 14.6 Å². The van der Waals surface area contributed by atoms with Crippen molar-refractivity contribution < 1.29 is 23.9 Å². The van der Waals surface area contributed by atoms with Crippen molar-refractivity contribution in [2.45, 2.75) is 58.7 Å². The molecule has 1 aromatic carbocycles. The maximum atomic E-state index is 13.0. The molecule has 8 heteroatoms. The normalized spacial score (nSPS) is 14.6. The molecule has 3 N–H and O–H groups in total. The van der Waals surface area contributed by atoms with E-state index in [9.17, 15) is 14.4 Å². The highest BCUT2D eigenvalue weighted by molar-refractivity contribution is 5.89. The molecule has 29 heavy (non-hydrogen) atoms. The number of ether oxygens (including phenoxy) is 2. The van der Waals surface area contributed by atoms with E-state index in [0.29, 0.717) is 12.8 Å². The van der Waals surface area contributed by atoms with Gasteiger partial charge in [0, 0.05) is 6.92 Å². The third kappa shape index (κ3) is 8.76. The summed E-state index contributed by atoms with van der Waals surface area (Å²) >= 11 is 0. The van der Waals surface area contributed by atoms with Crippen molar-refractivity contribution in [3.05, 3.63) is 35.9 Å². The molecule has 0 saturated carbocycles. The Hall–Kier alpha value is -2.90. The molecule has 0 aromatic heterocycles. The van der Waals surface area contributed by atoms with Crippen molar-refractivity contribution in [1.29, 1.82) is 0 Å². The lowest BCUT2D eigenvalue weighted by atomic mass is 9.99. The second-order valence-electron chi connectivity index (χ2n) is 7.27. The number of carbonyl (C=O) groups is 3. The number of hydrogen-bond donors (Lipinski definition) is 2. The molecule has 0 aliphatic heterocycles. The SMILES string of the molecule is COC(=O)C(CC(C)C)NC(=O)C(OC(C)=O)C(Cc1ccccc1)N=C(C)N. The summed E-state index contributed by atoms with van der Waals surface area (Å²) in [4.78, 5) is 41.1. The number of nitrogens with two attached hydrogens (primary N) is 1. The Morgan fingerprint density at radius 3 is 2.24 bits per heavy atom. The van der Waals surface area contributed by atoms with E-state index in [1.807, 2.05) is 44.2 Å². The van der Waals surface area contributed by atoms with E-state index in [1.165, 1.54) is 14.0 Å². The number of amides is 1. The van der Waals surface area contributed by atoms with E-state index in [2.05, 4.69) is 10.3 Å². The first kappa shape index (κ1) is 24.1. The van der Waals surface area contributed by atoms with Crippen LogP contribution in [0.3, 0.4) is 0 Å². The largest absolute Gasteiger partial charge is 0.467 e. The summed E-state index contributed by atoms with van der Waals surface area (Å²) in [5.41, 5.74) is 6.66. The lowest BCUT2D eigenvalue weighted by Crippen LogP contribution is -2.51. The first-order valence-electron chi connectivity index (χ1n) is 9.53. The predicted octanol–water partition coefficient (Wildman–Crippen LogP) is 1.61. The van der Waals surface area contributed by atoms with E-state index < -0.39 is 36.0 Å². The molecular formula is C21H31N3O5. The molecule has 0 aliphatic rings. The summed E-state index contributed by atoms with van der Waals surface area (Å²) in [6.07, 6.45) is -0.535. The molecule has 0 heterocycles. The monoisotopic (exact) mass is 405 g/mol. The molecule has 3 unspecified atom stereocenters. The fraction of sp³-hybridized carbons (Fsp3) is 0.524. The van der Waals surface area contributed by atoms with Crippen LogP contribution in [0.25, 0.3) is 0 Å². The van der Waals surface area contributed by atoms with Gasteiger partial charge in [-0.15, -0.1) is 0 Å². The molecule has 3 atom stereocenters. The van der Waals surface area contributed by atoms with Crippen LogP contribution in [0.4, 0.5) is 0 Å². The molecule has 160 valence electrons. The van der Waals surface area contributed by atoms with E-state index >= 15 is 0 Å². The first-order valence-corrected chi connectivity index (χ1v) is 9.53. The molecule has 0 saturated heterocycles. The Bertz CT molecular complexity index is 714. The van der Waals surface area contributed by atoms with Crippen molar-refractivity contribution in [2.24, 2.45) is 16.6 Å². The van der Waals surface area contributed by atoms with Gasteiger partial charge in [0.05, 0.1) is 12.9 Å². The molecule has 0 fully saturated rings. The number of rotatable bonds is 10. The highest BCUT2D eigenvalue weighted by Gasteiger charge is 2.34. The van der Waals surface area contributed by atoms with Crippen molar-refractivity contribution in [1.82, 2.24) is 5.32 Å². The summed E-state index contributed by atoms with van der Waals surface area (Å²) in [7, 11) is 1.26. The van der Waals surface area contributed by atoms with Crippen LogP contribution in [0.1, 0.15) is 39.7 Å². The lowest BCUT2D eigenvalue weighted by molar-refractivity contribution is -0.156. The summed E-state index contributed by atoms with van der Waals surface area (Å²) < 4.78 is 10.1. The molecule has 0 bridgehead atoms. The van der Waals surface area contributed by atoms with Crippen LogP contribution < -0.4 is 11.1 Å². The van der Waals surface area contributed by atoms with Gasteiger partial charge in [0.15, 0.2) is 0 Å². The van der Waals surface area contributed by atoms with Gasteiger partial charge in [-0.05, 0) is 31.2 Å². The summed E-state index contributed by atoms with van der Waals surface area (Å²) in [6.45, 7) is 6.65. The fourth-order valence-corrected chi connectivity index (χ4v) is 2.90. The van der Waals surface area contributed by atoms with Gasteiger partial charge in [0.1, 0.15) is 12.1 Å². The van der Waals surface area contributed by atoms with Gasteiger partial charge >= 0.3 is 11.9 Å². The van der Waals surface area contributed by atoms with Crippen molar-refractivity contribution in [3.63, 3.8) is 0 Å². The number of esters is 2. The Morgan fingerprint density at radius 1 is 1.14 bits per heavy atom. The zero-order valence-corrected chi connectivity index (χ0v) is 17.7. The Balaban J connectivity index is 3.17. The molecule has 0 radical (unpaired) electrons. The van der Waals surface area contributed by atoms with Gasteiger partial charge in [-0.2, -0.15) is 0 Å². The smallest absolute Gasteiger partial charge is 0.328 e. The molecule has 1 amide bonds. The molecule has 0 spiro atoms. The zero-order valence-electron chi connectivity index (χ0n) is 17.7. The van der Waals surface area contributed by atoms with Crippen molar-refractivity contribution in [2.75, 3.05) is 7.11 Å². The highest BCUT2D eigenvalue weighted by Crippen LogP contribution is 2.15. The van der Waals surface area contributed by atoms with E-state index in [1.54, 1.807) is 6.92 Å². The number of methoxy groups -OCH3 is 1. The average Bonchev–Trinajstić information content (AvgIpc) is 2.64. The molecule has 1 aromatic rings. The quantitative estimate of drug-likeness (QED) is 0.347. The van der Waals surface area contributed by atoms with Crippen LogP contribution >= 0.6 is 0 Å². The van der Waals surface area contributed by atoms with Crippen LogP contribution in [0.15, 0.2) is 35.3 Å². The standard InChI is InChI=1S/C21H31N3O5/c1-13(2)11-18(21(27)28-5)24-20(26)19(29-15(4)25)17(23-14(3)22)12-16-9-7-6-8-10-16/h6-10,13,17-19H,11-12H2,1-5H3,(H2,22,23)(H,24,26). The Kier molecular flexibility index (Phi) is 9.85. The maximum absolute atomic E-state index is 13.0. The van der Waals surface area contributed by atoms with Crippen LogP contribution in [0.5, 0.6) is 0 Å². The lowest BCUT2D eigenvalue weighted by Gasteiger charge is -2.26. The van der Waals surface area contributed by atoms with Crippen LogP contribution in [0, 0.1) is 5.92 Å². The summed E-state index contributed by atoms with van der Waals surface area (Å²) in [6, 6.07) is 7.76. The topological polar surface area (TPSA) is 120 Å². The fourth-order valence-electron chi connectivity index (χ4n) is 2.90. The number of aliphatic imine (C=N–C) groups is 1. The first-order chi connectivity index (χ1) is 13.6. The number of amidine groups is 1. The Morgan fingerprint density at radius 2 is 1.76 bits per heavy atom. The van der Waals surface area contributed by atoms with Gasteiger partial charge in [0.2, 0.25) is 6.10 Å². The minimum atomic E-state index is -1.24. The molecular weight excluding hydrogens is 374 g/mol. The third-order valence-electron chi connectivity index (χ3n) is 4.07. The number of benzene rings is 1. The zero-order chi connectivity index (χ0) is 22.0. The summed E-state index contributed by atoms with van der Waals surface area (Å²) in [5, 5.41) is 2.64. The van der Waals surface area contributed by atoms with Gasteiger partial charge in [-0.25, -0.2) is 4.79 Å². The van der Waals surface area contributed by atoms with E-state index in [4.69, 9.17) is 15.2 Å². The highest BCUT2D eigenvalue weighted by atomic mass is 16.5. The van der Waals surface area contributed by atoms with Crippen molar-refractivity contribution >= 4 is 23.7 Å². The van der Waals surface area contributed by atoms with Gasteiger partial charge in [0.25, 0.3) is 5.91 Å². The number of hydrogen-bond acceptors (Lipinski definition) is 6. The minimum absolute atomic E-state index is 0.135. The Labute approximate surface area is 171 Å². The number of carbonyl (C=O) groups excluding carboxylic acids is 3. The second-order valence-corrected chi connectivity index (χ2v) is 7.27. The molecule has 1 rings (SSSR count). The predicted molar refractivity (Wildman–Crippen MR) is 110 cm³/mol. The third-order valence-corrected chi connectivity index (χ3v) is 4.07. The average molecular weight is 405 g/mol. The van der Waals surface area contributed by atoms with Crippen LogP contribution in [0.2, 0.25) is 0 Å². The maximum Gasteiger partial charge on any atom is 0.328 e. The van der Waals surface area contributed by atoms with Gasteiger partial charge < -0.3 is 20.5 Å². The number of nitrogens with zero attached hydrogens (tertiary/aromatic N) is 1.